The molecule has 0 amide bonds. The van der Waals surface area contributed by atoms with Gasteiger partial charge in [0.1, 0.15) is 24.5 Å². The van der Waals surface area contributed by atoms with E-state index in [0.717, 1.165) is 37.0 Å². The lowest BCUT2D eigenvalue weighted by Gasteiger charge is -2.15. The van der Waals surface area contributed by atoms with E-state index in [9.17, 15) is 0 Å². The molecular formula is C19H30N6O. The highest BCUT2D eigenvalue weighted by Crippen LogP contribution is 2.25. The molecule has 0 aliphatic heterocycles. The predicted octanol–water partition coefficient (Wildman–Crippen LogP) is 2.21. The normalized spacial score (nSPS) is 11.7. The number of aliphatic imine (C=N–C) groups is 1. The monoisotopic (exact) mass is 358 g/mol. The second kappa shape index (κ2) is 10.4. The van der Waals surface area contributed by atoms with E-state index >= 15 is 0 Å². The number of aryl methyl sites for hydroxylation is 1. The molecule has 0 fully saturated rings. The smallest absolute Gasteiger partial charge is 0.191 e. The van der Waals surface area contributed by atoms with Crippen molar-refractivity contribution in [2.45, 2.75) is 39.7 Å². The highest BCUT2D eigenvalue weighted by Gasteiger charge is 2.07. The highest BCUT2D eigenvalue weighted by atomic mass is 16.5. The number of aromatic nitrogens is 3. The second-order valence-electron chi connectivity index (χ2n) is 6.26. The van der Waals surface area contributed by atoms with E-state index in [2.05, 4.69) is 52.7 Å². The van der Waals surface area contributed by atoms with E-state index in [0.29, 0.717) is 19.1 Å². The van der Waals surface area contributed by atoms with Gasteiger partial charge in [0.05, 0.1) is 6.54 Å². The van der Waals surface area contributed by atoms with Crippen LogP contribution in [-0.4, -0.2) is 47.5 Å². The molecule has 1 heterocycles. The molecule has 142 valence electrons. The minimum atomic E-state index is 0.444. The molecule has 0 saturated heterocycles. The molecule has 0 radical (unpaired) electrons. The first-order chi connectivity index (χ1) is 12.7. The largest absolute Gasteiger partial charge is 0.491 e. The van der Waals surface area contributed by atoms with Crippen LogP contribution in [-0.2, 0) is 13.0 Å². The van der Waals surface area contributed by atoms with Gasteiger partial charge in [-0.2, -0.15) is 0 Å². The van der Waals surface area contributed by atoms with E-state index < -0.39 is 0 Å². The second-order valence-corrected chi connectivity index (χ2v) is 6.26. The van der Waals surface area contributed by atoms with E-state index in [1.165, 1.54) is 5.56 Å². The van der Waals surface area contributed by atoms with E-state index in [1.54, 1.807) is 13.4 Å². The van der Waals surface area contributed by atoms with Crippen LogP contribution in [0, 0.1) is 0 Å². The van der Waals surface area contributed by atoms with Crippen molar-refractivity contribution in [3.8, 4) is 5.75 Å². The van der Waals surface area contributed by atoms with Crippen LogP contribution in [0.5, 0.6) is 5.75 Å². The molecule has 0 atom stereocenters. The zero-order valence-corrected chi connectivity index (χ0v) is 16.2. The lowest BCUT2D eigenvalue weighted by molar-refractivity contribution is 0.317. The van der Waals surface area contributed by atoms with E-state index in [1.807, 2.05) is 22.8 Å². The predicted molar refractivity (Wildman–Crippen MR) is 105 cm³/mol. The zero-order valence-electron chi connectivity index (χ0n) is 16.2. The quantitative estimate of drug-likeness (QED) is 0.408. The molecule has 1 aromatic carbocycles. The summed E-state index contributed by atoms with van der Waals surface area (Å²) in [6.45, 7) is 9.23. The van der Waals surface area contributed by atoms with Gasteiger partial charge in [0.2, 0.25) is 0 Å². The maximum Gasteiger partial charge on any atom is 0.191 e. The summed E-state index contributed by atoms with van der Waals surface area (Å²) < 4.78 is 7.97. The van der Waals surface area contributed by atoms with Crippen molar-refractivity contribution >= 4 is 5.96 Å². The third kappa shape index (κ3) is 5.75. The van der Waals surface area contributed by atoms with Gasteiger partial charge in [0, 0.05) is 26.6 Å². The lowest BCUT2D eigenvalue weighted by atomic mass is 10.0. The number of ether oxygens (including phenoxy) is 1. The summed E-state index contributed by atoms with van der Waals surface area (Å²) in [6.07, 6.45) is 2.64. The van der Waals surface area contributed by atoms with Crippen LogP contribution in [0.15, 0.2) is 35.6 Å². The number of benzene rings is 1. The molecule has 7 heteroatoms. The average molecular weight is 358 g/mol. The Hall–Kier alpha value is -2.57. The van der Waals surface area contributed by atoms with Crippen molar-refractivity contribution in [3.05, 3.63) is 42.0 Å². The molecular weight excluding hydrogens is 328 g/mol. The maximum atomic E-state index is 5.92. The molecule has 0 aliphatic rings. The zero-order chi connectivity index (χ0) is 18.8. The van der Waals surface area contributed by atoms with Gasteiger partial charge < -0.3 is 19.9 Å². The molecule has 26 heavy (non-hydrogen) atoms. The van der Waals surface area contributed by atoms with Gasteiger partial charge in [-0.3, -0.25) is 4.99 Å². The fourth-order valence-corrected chi connectivity index (χ4v) is 2.67. The van der Waals surface area contributed by atoms with Gasteiger partial charge in [-0.05, 0) is 17.5 Å². The summed E-state index contributed by atoms with van der Waals surface area (Å²) >= 11 is 0. The molecule has 0 bridgehead atoms. The van der Waals surface area contributed by atoms with Crippen molar-refractivity contribution in [2.24, 2.45) is 4.99 Å². The minimum Gasteiger partial charge on any atom is -0.491 e. The number of guanidine groups is 1. The van der Waals surface area contributed by atoms with E-state index in [-0.39, 0.29) is 0 Å². The molecule has 0 spiro atoms. The Labute approximate surface area is 155 Å². The average Bonchev–Trinajstić information content (AvgIpc) is 3.11. The van der Waals surface area contributed by atoms with Crippen LogP contribution in [0.2, 0.25) is 0 Å². The summed E-state index contributed by atoms with van der Waals surface area (Å²) in [5, 5.41) is 14.6. The fourth-order valence-electron chi connectivity index (χ4n) is 2.67. The van der Waals surface area contributed by atoms with E-state index in [4.69, 9.17) is 4.74 Å². The van der Waals surface area contributed by atoms with Gasteiger partial charge in [-0.25, -0.2) is 0 Å². The van der Waals surface area contributed by atoms with Crippen LogP contribution >= 0.6 is 0 Å². The van der Waals surface area contributed by atoms with Gasteiger partial charge in [-0.15, -0.1) is 10.2 Å². The summed E-state index contributed by atoms with van der Waals surface area (Å²) in [6, 6.07) is 8.19. The molecule has 1 aromatic heterocycles. The third-order valence-electron chi connectivity index (χ3n) is 4.07. The standard InChI is InChI=1S/C19H30N6O/c1-5-18-24-23-14-25(18)12-10-21-19(20-4)22-11-13-26-17-9-7-6-8-16(17)15(2)3/h6-9,14-15H,5,10-13H2,1-4H3,(H2,20,21,22). The van der Waals surface area contributed by atoms with Crippen molar-refractivity contribution in [3.63, 3.8) is 0 Å². The topological polar surface area (TPSA) is 76.4 Å². The molecule has 2 aromatic rings. The Morgan fingerprint density at radius 2 is 2.00 bits per heavy atom. The van der Waals surface area contributed by atoms with Crippen molar-refractivity contribution in [1.82, 2.24) is 25.4 Å². The Morgan fingerprint density at radius 3 is 2.73 bits per heavy atom. The van der Waals surface area contributed by atoms with Crippen molar-refractivity contribution < 1.29 is 4.74 Å². The molecule has 2 rings (SSSR count). The van der Waals surface area contributed by atoms with Crippen LogP contribution < -0.4 is 15.4 Å². The van der Waals surface area contributed by atoms with Gasteiger partial charge in [0.25, 0.3) is 0 Å². The number of nitrogens with zero attached hydrogens (tertiary/aromatic N) is 4. The molecule has 0 unspecified atom stereocenters. The summed E-state index contributed by atoms with van der Waals surface area (Å²) in [5.74, 6) is 3.15. The van der Waals surface area contributed by atoms with Crippen LogP contribution in [0.25, 0.3) is 0 Å². The first-order valence-electron chi connectivity index (χ1n) is 9.18. The number of nitrogens with one attached hydrogen (secondary N) is 2. The van der Waals surface area contributed by atoms with Crippen LogP contribution in [0.3, 0.4) is 0 Å². The van der Waals surface area contributed by atoms with Gasteiger partial charge in [-0.1, -0.05) is 39.0 Å². The highest BCUT2D eigenvalue weighted by molar-refractivity contribution is 5.79. The maximum absolute atomic E-state index is 5.92. The Balaban J connectivity index is 1.71. The summed E-state index contributed by atoms with van der Waals surface area (Å²) in [5.41, 5.74) is 1.23. The number of para-hydroxylation sites is 1. The molecule has 0 saturated carbocycles. The Morgan fingerprint density at radius 1 is 1.23 bits per heavy atom. The molecule has 7 nitrogen and oxygen atoms in total. The number of hydrogen-bond acceptors (Lipinski definition) is 4. The first-order valence-corrected chi connectivity index (χ1v) is 9.18. The van der Waals surface area contributed by atoms with Crippen molar-refractivity contribution in [2.75, 3.05) is 26.7 Å². The summed E-state index contributed by atoms with van der Waals surface area (Å²) in [7, 11) is 1.76. The van der Waals surface area contributed by atoms with Gasteiger partial charge >= 0.3 is 0 Å². The lowest BCUT2D eigenvalue weighted by Crippen LogP contribution is -2.40. The van der Waals surface area contributed by atoms with Crippen molar-refractivity contribution in [1.29, 1.82) is 0 Å². The number of rotatable bonds is 9. The minimum absolute atomic E-state index is 0.444. The fraction of sp³-hybridized carbons (Fsp3) is 0.526. The SMILES string of the molecule is CCc1nncn1CCNC(=NC)NCCOc1ccccc1C(C)C. The molecule has 0 aliphatic carbocycles. The van der Waals surface area contributed by atoms with Crippen LogP contribution in [0.1, 0.15) is 38.1 Å². The first kappa shape index (κ1) is 19.8. The Kier molecular flexibility index (Phi) is 7.92. The number of hydrogen-bond donors (Lipinski definition) is 2. The molecule has 2 N–H and O–H groups in total. The summed E-state index contributed by atoms with van der Waals surface area (Å²) in [4.78, 5) is 4.24. The third-order valence-corrected chi connectivity index (χ3v) is 4.07. The van der Waals surface area contributed by atoms with Crippen LogP contribution in [0.4, 0.5) is 0 Å². The Bertz CT molecular complexity index is 695. The van der Waals surface area contributed by atoms with Gasteiger partial charge in [0.15, 0.2) is 5.96 Å².